The Labute approximate surface area is 124 Å². The van der Waals surface area contributed by atoms with Crippen molar-refractivity contribution >= 4 is 11.7 Å². The average molecular weight is 291 g/mol. The van der Waals surface area contributed by atoms with Crippen molar-refractivity contribution in [1.29, 1.82) is 0 Å². The van der Waals surface area contributed by atoms with E-state index in [9.17, 15) is 9.18 Å². The zero-order valence-corrected chi connectivity index (χ0v) is 12.7. The number of hydrogen-bond donors (Lipinski definition) is 2. The van der Waals surface area contributed by atoms with Crippen LogP contribution in [0, 0.1) is 17.2 Å². The lowest BCUT2D eigenvalue weighted by Gasteiger charge is -2.45. The maximum absolute atomic E-state index is 13.0. The fourth-order valence-electron chi connectivity index (χ4n) is 4.08. The maximum atomic E-state index is 13.0. The van der Waals surface area contributed by atoms with Gasteiger partial charge in [0.25, 0.3) is 0 Å². The van der Waals surface area contributed by atoms with Gasteiger partial charge in [-0.3, -0.25) is 0 Å². The van der Waals surface area contributed by atoms with Crippen LogP contribution in [-0.4, -0.2) is 11.7 Å². The molecule has 1 spiro atoms. The molecule has 4 nitrogen and oxygen atoms in total. The number of rotatable bonds is 1. The highest BCUT2D eigenvalue weighted by atomic mass is 19.1. The monoisotopic (exact) mass is 291 g/mol. The second kappa shape index (κ2) is 4.70. The van der Waals surface area contributed by atoms with E-state index in [1.165, 1.54) is 17.1 Å². The Balaban J connectivity index is 1.85. The molecule has 2 unspecified atom stereocenters. The Morgan fingerprint density at radius 3 is 2.52 bits per heavy atom. The van der Waals surface area contributed by atoms with Crippen LogP contribution in [0.15, 0.2) is 24.3 Å². The molecule has 2 N–H and O–H groups in total. The smallest absolute Gasteiger partial charge is 0.317 e. The van der Waals surface area contributed by atoms with Gasteiger partial charge in [0.05, 0.1) is 5.69 Å². The topological polar surface area (TPSA) is 44.4 Å². The lowest BCUT2D eigenvalue weighted by Crippen LogP contribution is -2.57. The maximum Gasteiger partial charge on any atom is 0.338 e. The summed E-state index contributed by atoms with van der Waals surface area (Å²) in [5.74, 6) is 0.232. The molecule has 1 aliphatic carbocycles. The van der Waals surface area contributed by atoms with E-state index in [-0.39, 0.29) is 17.3 Å². The minimum Gasteiger partial charge on any atom is -0.317 e. The molecule has 2 fully saturated rings. The molecule has 2 amide bonds. The van der Waals surface area contributed by atoms with E-state index in [0.29, 0.717) is 11.6 Å². The zero-order chi connectivity index (χ0) is 15.3. The van der Waals surface area contributed by atoms with Crippen LogP contribution in [0.5, 0.6) is 0 Å². The second-order valence-electron chi connectivity index (χ2n) is 7.29. The molecule has 1 saturated carbocycles. The molecule has 0 bridgehead atoms. The molecule has 3 rings (SSSR count). The van der Waals surface area contributed by atoms with Crippen LogP contribution in [-0.2, 0) is 0 Å². The van der Waals surface area contributed by atoms with Gasteiger partial charge in [0.15, 0.2) is 0 Å². The summed E-state index contributed by atoms with van der Waals surface area (Å²) >= 11 is 0. The third kappa shape index (κ3) is 2.75. The lowest BCUT2D eigenvalue weighted by molar-refractivity contribution is 0.0812. The molecule has 1 aromatic rings. The van der Waals surface area contributed by atoms with Gasteiger partial charge in [-0.1, -0.05) is 20.8 Å². The van der Waals surface area contributed by atoms with Crippen molar-refractivity contribution in [2.24, 2.45) is 11.3 Å². The molecule has 2 aliphatic rings. The van der Waals surface area contributed by atoms with Gasteiger partial charge >= 0.3 is 6.03 Å². The van der Waals surface area contributed by atoms with Crippen LogP contribution in [0.2, 0.25) is 0 Å². The van der Waals surface area contributed by atoms with Crippen molar-refractivity contribution in [3.8, 4) is 0 Å². The fourth-order valence-corrected chi connectivity index (χ4v) is 4.08. The first-order valence-electron chi connectivity index (χ1n) is 7.44. The third-order valence-electron chi connectivity index (χ3n) is 4.34. The fraction of sp³-hybridized carbons (Fsp3) is 0.562. The van der Waals surface area contributed by atoms with Gasteiger partial charge in [0.1, 0.15) is 11.5 Å². The minimum absolute atomic E-state index is 0.175. The predicted molar refractivity (Wildman–Crippen MR) is 80.1 cm³/mol. The Morgan fingerprint density at radius 2 is 1.90 bits per heavy atom. The Morgan fingerprint density at radius 1 is 1.24 bits per heavy atom. The van der Waals surface area contributed by atoms with Crippen LogP contribution in [0.3, 0.4) is 0 Å². The number of hydrazine groups is 1. The number of hydrogen-bond acceptors (Lipinski definition) is 2. The Kier molecular flexibility index (Phi) is 3.20. The van der Waals surface area contributed by atoms with Crippen molar-refractivity contribution in [3.05, 3.63) is 30.1 Å². The van der Waals surface area contributed by atoms with Crippen LogP contribution in [0.25, 0.3) is 0 Å². The standard InChI is InChI=1S/C16H22FN3O/c1-11-8-15(2,3)10-16(9-11)18-14(21)20(19-16)13-6-4-12(17)5-7-13/h4-7,11,19H,8-10H2,1-3H3,(H,18,21). The first-order valence-corrected chi connectivity index (χ1v) is 7.44. The van der Waals surface area contributed by atoms with E-state index in [1.54, 1.807) is 12.1 Å². The summed E-state index contributed by atoms with van der Waals surface area (Å²) in [5.41, 5.74) is 3.76. The molecule has 1 aromatic carbocycles. The highest BCUT2D eigenvalue weighted by molar-refractivity contribution is 5.93. The van der Waals surface area contributed by atoms with Crippen LogP contribution < -0.4 is 15.8 Å². The van der Waals surface area contributed by atoms with Crippen LogP contribution >= 0.6 is 0 Å². The number of nitrogens with zero attached hydrogens (tertiary/aromatic N) is 1. The van der Waals surface area contributed by atoms with E-state index < -0.39 is 5.66 Å². The molecular formula is C16H22FN3O. The number of nitrogens with one attached hydrogen (secondary N) is 2. The van der Waals surface area contributed by atoms with E-state index >= 15 is 0 Å². The largest absolute Gasteiger partial charge is 0.338 e. The molecule has 1 saturated heterocycles. The van der Waals surface area contributed by atoms with E-state index in [4.69, 9.17) is 0 Å². The number of anilines is 1. The SMILES string of the molecule is CC1CC(C)(C)CC2(C1)NC(=O)N(c1ccc(F)cc1)N2. The van der Waals surface area contributed by atoms with Gasteiger partial charge in [0, 0.05) is 0 Å². The Bertz CT molecular complexity index is 557. The number of carbonyl (C=O) groups is 1. The number of benzene rings is 1. The predicted octanol–water partition coefficient (Wildman–Crippen LogP) is 3.40. The lowest BCUT2D eigenvalue weighted by atomic mass is 9.68. The molecule has 114 valence electrons. The van der Waals surface area contributed by atoms with Gasteiger partial charge in [-0.25, -0.2) is 19.6 Å². The third-order valence-corrected chi connectivity index (χ3v) is 4.34. The van der Waals surface area contributed by atoms with Crippen LogP contribution in [0.1, 0.15) is 40.0 Å². The highest BCUT2D eigenvalue weighted by Crippen LogP contribution is 2.44. The van der Waals surface area contributed by atoms with Gasteiger partial charge in [-0.15, -0.1) is 0 Å². The molecule has 0 radical (unpaired) electrons. The number of urea groups is 1. The van der Waals surface area contributed by atoms with Crippen LogP contribution in [0.4, 0.5) is 14.9 Å². The number of halogens is 1. The molecule has 5 heteroatoms. The molecule has 0 aromatic heterocycles. The summed E-state index contributed by atoms with van der Waals surface area (Å²) in [6, 6.07) is 5.77. The van der Waals surface area contributed by atoms with Crippen molar-refractivity contribution in [1.82, 2.24) is 10.7 Å². The van der Waals surface area contributed by atoms with Gasteiger partial charge in [0.2, 0.25) is 0 Å². The number of amides is 2. The second-order valence-corrected chi connectivity index (χ2v) is 7.29. The molecule has 21 heavy (non-hydrogen) atoms. The highest BCUT2D eigenvalue weighted by Gasteiger charge is 2.49. The van der Waals surface area contributed by atoms with Gasteiger partial charge in [-0.05, 0) is 54.9 Å². The summed E-state index contributed by atoms with van der Waals surface area (Å²) in [5, 5.41) is 4.59. The molecule has 2 atom stereocenters. The molecule has 1 aliphatic heterocycles. The van der Waals surface area contributed by atoms with Crippen molar-refractivity contribution < 1.29 is 9.18 Å². The quantitative estimate of drug-likeness (QED) is 0.833. The summed E-state index contributed by atoms with van der Waals surface area (Å²) < 4.78 is 13.0. The summed E-state index contributed by atoms with van der Waals surface area (Å²) in [6.07, 6.45) is 2.94. The number of carbonyl (C=O) groups excluding carboxylic acids is 1. The normalized spacial score (nSPS) is 31.5. The average Bonchev–Trinajstić information content (AvgIpc) is 2.63. The summed E-state index contributed by atoms with van der Waals surface area (Å²) in [4.78, 5) is 12.3. The zero-order valence-electron chi connectivity index (χ0n) is 12.7. The van der Waals surface area contributed by atoms with Crippen molar-refractivity contribution in [2.75, 3.05) is 5.01 Å². The minimum atomic E-state index is -0.396. The van der Waals surface area contributed by atoms with E-state index in [1.807, 2.05) is 0 Å². The first-order chi connectivity index (χ1) is 9.79. The first kappa shape index (κ1) is 14.3. The van der Waals surface area contributed by atoms with Gasteiger partial charge in [-0.2, -0.15) is 0 Å². The molecule has 1 heterocycles. The van der Waals surface area contributed by atoms with Crippen molar-refractivity contribution in [2.45, 2.75) is 45.7 Å². The molecular weight excluding hydrogens is 269 g/mol. The van der Waals surface area contributed by atoms with Crippen molar-refractivity contribution in [3.63, 3.8) is 0 Å². The summed E-state index contributed by atoms with van der Waals surface area (Å²) in [7, 11) is 0. The summed E-state index contributed by atoms with van der Waals surface area (Å²) in [6.45, 7) is 6.69. The van der Waals surface area contributed by atoms with E-state index in [2.05, 4.69) is 31.5 Å². The van der Waals surface area contributed by atoms with Gasteiger partial charge < -0.3 is 5.32 Å². The van der Waals surface area contributed by atoms with E-state index in [0.717, 1.165) is 19.3 Å². The Hall–Kier alpha value is -1.62.